The summed E-state index contributed by atoms with van der Waals surface area (Å²) in [6, 6.07) is 13.4. The van der Waals surface area contributed by atoms with Crippen LogP contribution in [0.15, 0.2) is 36.4 Å². The van der Waals surface area contributed by atoms with Gasteiger partial charge < -0.3 is 19.5 Å². The summed E-state index contributed by atoms with van der Waals surface area (Å²) < 4.78 is 16.2. The Morgan fingerprint density at radius 3 is 2.08 bits per heavy atom. The first-order valence-electron chi connectivity index (χ1n) is 7.70. The quantitative estimate of drug-likeness (QED) is 0.756. The van der Waals surface area contributed by atoms with Crippen molar-refractivity contribution in [1.82, 2.24) is 5.32 Å². The molecule has 0 unspecified atom stereocenters. The Morgan fingerprint density at radius 1 is 0.958 bits per heavy atom. The minimum atomic E-state index is 0.673. The predicted octanol–water partition coefficient (Wildman–Crippen LogP) is 2.92. The molecule has 2 rings (SSSR count). The summed E-state index contributed by atoms with van der Waals surface area (Å²) in [7, 11) is 4.90. The molecule has 2 aromatic rings. The Labute approximate surface area is 142 Å². The first kappa shape index (κ1) is 17.6. The molecule has 126 valence electrons. The molecule has 5 nitrogen and oxygen atoms in total. The number of nitrogens with zero attached hydrogens (tertiary/aromatic N) is 1. The lowest BCUT2D eigenvalue weighted by molar-refractivity contribution is 0.368. The average molecular weight is 326 g/mol. The molecule has 5 heteroatoms. The highest BCUT2D eigenvalue weighted by Crippen LogP contribution is 2.34. The Bertz CT molecular complexity index is 681. The molecule has 0 heterocycles. The third kappa shape index (κ3) is 4.40. The van der Waals surface area contributed by atoms with Gasteiger partial charge in [0.15, 0.2) is 0 Å². The fraction of sp³-hybridized carbons (Fsp3) is 0.316. The summed E-state index contributed by atoms with van der Waals surface area (Å²) in [4.78, 5) is 0. The van der Waals surface area contributed by atoms with Gasteiger partial charge in [0.1, 0.15) is 17.2 Å². The second-order valence-corrected chi connectivity index (χ2v) is 5.25. The van der Waals surface area contributed by atoms with Crippen molar-refractivity contribution in [2.24, 2.45) is 0 Å². The Hall–Kier alpha value is -2.71. The van der Waals surface area contributed by atoms with Gasteiger partial charge in [-0.3, -0.25) is 0 Å². The second-order valence-electron chi connectivity index (χ2n) is 5.25. The van der Waals surface area contributed by atoms with Crippen LogP contribution >= 0.6 is 0 Å². The first-order chi connectivity index (χ1) is 11.7. The van der Waals surface area contributed by atoms with E-state index in [0.29, 0.717) is 11.3 Å². The SMILES string of the molecule is COc1cc(OC)c(CCNCc2ccc(C#N)cc2)c(OC)c1. The van der Waals surface area contributed by atoms with E-state index in [1.54, 1.807) is 21.3 Å². The molecule has 0 saturated carbocycles. The number of methoxy groups -OCH3 is 3. The van der Waals surface area contributed by atoms with Crippen LogP contribution in [0.25, 0.3) is 0 Å². The van der Waals surface area contributed by atoms with E-state index in [1.165, 1.54) is 0 Å². The van der Waals surface area contributed by atoms with E-state index >= 15 is 0 Å². The molecule has 0 saturated heterocycles. The first-order valence-corrected chi connectivity index (χ1v) is 7.70. The van der Waals surface area contributed by atoms with E-state index < -0.39 is 0 Å². The molecule has 0 aliphatic rings. The number of ether oxygens (including phenoxy) is 3. The highest BCUT2D eigenvalue weighted by molar-refractivity contribution is 5.50. The van der Waals surface area contributed by atoms with Gasteiger partial charge in [-0.2, -0.15) is 5.26 Å². The molecular formula is C19H22N2O3. The Balaban J connectivity index is 1.97. The van der Waals surface area contributed by atoms with Crippen molar-refractivity contribution in [2.45, 2.75) is 13.0 Å². The summed E-state index contributed by atoms with van der Waals surface area (Å²) in [6.07, 6.45) is 0.770. The maximum Gasteiger partial charge on any atom is 0.129 e. The van der Waals surface area contributed by atoms with Crippen LogP contribution in [0, 0.1) is 11.3 Å². The van der Waals surface area contributed by atoms with Gasteiger partial charge in [0.25, 0.3) is 0 Å². The smallest absolute Gasteiger partial charge is 0.129 e. The molecule has 2 aromatic carbocycles. The van der Waals surface area contributed by atoms with Crippen molar-refractivity contribution in [3.8, 4) is 23.3 Å². The third-order valence-corrected chi connectivity index (χ3v) is 3.78. The Morgan fingerprint density at radius 2 is 1.58 bits per heavy atom. The fourth-order valence-electron chi connectivity index (χ4n) is 2.47. The van der Waals surface area contributed by atoms with Gasteiger partial charge in [-0.25, -0.2) is 0 Å². The van der Waals surface area contributed by atoms with E-state index in [0.717, 1.165) is 42.1 Å². The zero-order valence-corrected chi connectivity index (χ0v) is 14.3. The van der Waals surface area contributed by atoms with Gasteiger partial charge in [-0.15, -0.1) is 0 Å². The van der Waals surface area contributed by atoms with Crippen LogP contribution in [0.3, 0.4) is 0 Å². The van der Waals surface area contributed by atoms with Crippen LogP contribution in [-0.2, 0) is 13.0 Å². The lowest BCUT2D eigenvalue weighted by Gasteiger charge is -2.15. The summed E-state index contributed by atoms with van der Waals surface area (Å²) >= 11 is 0. The number of benzene rings is 2. The highest BCUT2D eigenvalue weighted by atomic mass is 16.5. The van der Waals surface area contributed by atoms with Crippen LogP contribution in [0.1, 0.15) is 16.7 Å². The molecule has 24 heavy (non-hydrogen) atoms. The van der Waals surface area contributed by atoms with E-state index in [9.17, 15) is 0 Å². The predicted molar refractivity (Wildman–Crippen MR) is 92.7 cm³/mol. The monoisotopic (exact) mass is 326 g/mol. The zero-order valence-electron chi connectivity index (χ0n) is 14.3. The van der Waals surface area contributed by atoms with Crippen LogP contribution in [0.5, 0.6) is 17.2 Å². The van der Waals surface area contributed by atoms with E-state index in [1.807, 2.05) is 36.4 Å². The van der Waals surface area contributed by atoms with Crippen molar-refractivity contribution < 1.29 is 14.2 Å². The summed E-state index contributed by atoms with van der Waals surface area (Å²) in [6.45, 7) is 1.52. The van der Waals surface area contributed by atoms with Crippen LogP contribution < -0.4 is 19.5 Å². The van der Waals surface area contributed by atoms with E-state index in [2.05, 4.69) is 11.4 Å². The molecule has 0 fully saturated rings. The van der Waals surface area contributed by atoms with Gasteiger partial charge >= 0.3 is 0 Å². The largest absolute Gasteiger partial charge is 0.496 e. The van der Waals surface area contributed by atoms with Crippen molar-refractivity contribution in [2.75, 3.05) is 27.9 Å². The summed E-state index contributed by atoms with van der Waals surface area (Å²) in [5.41, 5.74) is 2.82. The second kappa shape index (κ2) is 8.80. The third-order valence-electron chi connectivity index (χ3n) is 3.78. The van der Waals surface area contributed by atoms with Gasteiger partial charge in [-0.05, 0) is 30.7 Å². The number of nitriles is 1. The van der Waals surface area contributed by atoms with Gasteiger partial charge in [-0.1, -0.05) is 12.1 Å². The molecule has 0 aromatic heterocycles. The van der Waals surface area contributed by atoms with Crippen molar-refractivity contribution in [3.05, 3.63) is 53.1 Å². The normalized spacial score (nSPS) is 10.1. The van der Waals surface area contributed by atoms with Crippen molar-refractivity contribution in [3.63, 3.8) is 0 Å². The number of nitrogens with one attached hydrogen (secondary N) is 1. The van der Waals surface area contributed by atoms with Crippen LogP contribution in [0.2, 0.25) is 0 Å². The van der Waals surface area contributed by atoms with Crippen molar-refractivity contribution >= 4 is 0 Å². The van der Waals surface area contributed by atoms with Crippen molar-refractivity contribution in [1.29, 1.82) is 5.26 Å². The molecule has 0 atom stereocenters. The lowest BCUT2D eigenvalue weighted by atomic mass is 10.1. The molecule has 0 aliphatic carbocycles. The molecule has 1 N–H and O–H groups in total. The molecular weight excluding hydrogens is 304 g/mol. The zero-order chi connectivity index (χ0) is 17.4. The highest BCUT2D eigenvalue weighted by Gasteiger charge is 2.12. The fourth-order valence-corrected chi connectivity index (χ4v) is 2.47. The molecule has 0 bridgehead atoms. The maximum absolute atomic E-state index is 8.81. The minimum Gasteiger partial charge on any atom is -0.496 e. The maximum atomic E-state index is 8.81. The van der Waals surface area contributed by atoms with E-state index in [-0.39, 0.29) is 0 Å². The molecule has 0 amide bonds. The number of hydrogen-bond acceptors (Lipinski definition) is 5. The molecule has 0 radical (unpaired) electrons. The number of hydrogen-bond donors (Lipinski definition) is 1. The average Bonchev–Trinajstić information content (AvgIpc) is 2.65. The standard InChI is InChI=1S/C19H22N2O3/c1-22-16-10-18(23-2)17(19(11-16)24-3)8-9-21-13-15-6-4-14(12-20)5-7-15/h4-7,10-11,21H,8-9,13H2,1-3H3. The van der Waals surface area contributed by atoms with Crippen LogP contribution in [-0.4, -0.2) is 27.9 Å². The van der Waals surface area contributed by atoms with E-state index in [4.69, 9.17) is 19.5 Å². The lowest BCUT2D eigenvalue weighted by Crippen LogP contribution is -2.17. The van der Waals surface area contributed by atoms with Gasteiger partial charge in [0.2, 0.25) is 0 Å². The molecule has 0 spiro atoms. The molecule has 0 aliphatic heterocycles. The summed E-state index contributed by atoms with van der Waals surface area (Å²) in [5.74, 6) is 2.22. The van der Waals surface area contributed by atoms with Gasteiger partial charge in [0, 0.05) is 24.2 Å². The van der Waals surface area contributed by atoms with Crippen LogP contribution in [0.4, 0.5) is 0 Å². The summed E-state index contributed by atoms with van der Waals surface area (Å²) in [5, 5.41) is 12.2. The topological polar surface area (TPSA) is 63.5 Å². The minimum absolute atomic E-state index is 0.673. The number of rotatable bonds is 8. The Kier molecular flexibility index (Phi) is 6.47. The van der Waals surface area contributed by atoms with Gasteiger partial charge in [0.05, 0.1) is 33.0 Å².